The standard InChI is InChI=1S/C25H30N4O3S/c1-29-23(16-32-22-12-8-19(9-13-22)18-6-4-3-5-7-18)27-28-25(29)33-17-24(30)26-20-10-14-21(31-2)15-11-20/h8-15,18H,3-7,16-17H2,1-2H3,(H,26,30). The molecule has 0 saturated heterocycles. The number of aromatic nitrogens is 3. The summed E-state index contributed by atoms with van der Waals surface area (Å²) in [5, 5.41) is 12.0. The lowest BCUT2D eigenvalue weighted by molar-refractivity contribution is -0.113. The second kappa shape index (κ2) is 11.2. The second-order valence-electron chi connectivity index (χ2n) is 8.22. The first-order valence-corrected chi connectivity index (χ1v) is 12.3. The third-order valence-electron chi connectivity index (χ3n) is 5.96. The Kier molecular flexibility index (Phi) is 7.88. The summed E-state index contributed by atoms with van der Waals surface area (Å²) in [6, 6.07) is 15.7. The van der Waals surface area contributed by atoms with Gasteiger partial charge < -0.3 is 19.4 Å². The van der Waals surface area contributed by atoms with Crippen LogP contribution in [0.3, 0.4) is 0 Å². The Hall–Kier alpha value is -3.00. The number of nitrogens with zero attached hydrogens (tertiary/aromatic N) is 3. The number of hydrogen-bond donors (Lipinski definition) is 1. The van der Waals surface area contributed by atoms with Crippen LogP contribution in [0.2, 0.25) is 0 Å². The third-order valence-corrected chi connectivity index (χ3v) is 6.98. The topological polar surface area (TPSA) is 78.3 Å². The largest absolute Gasteiger partial charge is 0.497 e. The van der Waals surface area contributed by atoms with Crippen molar-refractivity contribution < 1.29 is 14.3 Å². The van der Waals surface area contributed by atoms with Crippen molar-refractivity contribution >= 4 is 23.4 Å². The molecule has 33 heavy (non-hydrogen) atoms. The molecule has 1 fully saturated rings. The molecule has 0 radical (unpaired) electrons. The van der Waals surface area contributed by atoms with Crippen LogP contribution >= 0.6 is 11.8 Å². The minimum absolute atomic E-state index is 0.107. The molecule has 1 amide bonds. The maximum Gasteiger partial charge on any atom is 0.234 e. The maximum atomic E-state index is 12.3. The van der Waals surface area contributed by atoms with Gasteiger partial charge in [0.1, 0.15) is 18.1 Å². The van der Waals surface area contributed by atoms with Gasteiger partial charge in [0.2, 0.25) is 5.91 Å². The molecule has 174 valence electrons. The van der Waals surface area contributed by atoms with Gasteiger partial charge in [-0.1, -0.05) is 43.2 Å². The van der Waals surface area contributed by atoms with E-state index in [0.29, 0.717) is 23.5 Å². The van der Waals surface area contributed by atoms with Crippen molar-refractivity contribution in [1.82, 2.24) is 14.8 Å². The number of carbonyl (C=O) groups is 1. The molecule has 1 N–H and O–H groups in total. The molecule has 1 saturated carbocycles. The van der Waals surface area contributed by atoms with Crippen LogP contribution in [0.1, 0.15) is 49.4 Å². The molecular formula is C25H30N4O3S. The van der Waals surface area contributed by atoms with Crippen molar-refractivity contribution in [3.8, 4) is 11.5 Å². The van der Waals surface area contributed by atoms with Gasteiger partial charge in [0.15, 0.2) is 11.0 Å². The molecule has 7 nitrogen and oxygen atoms in total. The molecule has 1 aliphatic rings. The van der Waals surface area contributed by atoms with E-state index in [1.807, 2.05) is 23.7 Å². The van der Waals surface area contributed by atoms with E-state index in [1.54, 1.807) is 31.4 Å². The van der Waals surface area contributed by atoms with Crippen LogP contribution in [0.4, 0.5) is 5.69 Å². The van der Waals surface area contributed by atoms with Crippen LogP contribution in [0, 0.1) is 0 Å². The first kappa shape index (κ1) is 23.2. The zero-order valence-corrected chi connectivity index (χ0v) is 19.9. The first-order chi connectivity index (χ1) is 16.1. The highest BCUT2D eigenvalue weighted by Crippen LogP contribution is 2.33. The fraction of sp³-hybridized carbons (Fsp3) is 0.400. The Balaban J connectivity index is 1.25. The predicted molar refractivity (Wildman–Crippen MR) is 130 cm³/mol. The third kappa shape index (κ3) is 6.28. The second-order valence-corrected chi connectivity index (χ2v) is 9.16. The van der Waals surface area contributed by atoms with Crippen LogP contribution in [0.15, 0.2) is 53.7 Å². The summed E-state index contributed by atoms with van der Waals surface area (Å²) >= 11 is 1.34. The maximum absolute atomic E-state index is 12.3. The van der Waals surface area contributed by atoms with Crippen molar-refractivity contribution in [2.75, 3.05) is 18.2 Å². The molecule has 1 aliphatic carbocycles. The van der Waals surface area contributed by atoms with Crippen molar-refractivity contribution in [2.45, 2.75) is 49.8 Å². The molecule has 0 atom stereocenters. The molecule has 4 rings (SSSR count). The molecule has 0 unspecified atom stereocenters. The number of benzene rings is 2. The lowest BCUT2D eigenvalue weighted by Gasteiger charge is -2.22. The van der Waals surface area contributed by atoms with Gasteiger partial charge in [0.25, 0.3) is 0 Å². The monoisotopic (exact) mass is 466 g/mol. The van der Waals surface area contributed by atoms with E-state index in [-0.39, 0.29) is 11.7 Å². The van der Waals surface area contributed by atoms with E-state index in [4.69, 9.17) is 9.47 Å². The number of thioether (sulfide) groups is 1. The van der Waals surface area contributed by atoms with Crippen LogP contribution in [-0.2, 0) is 18.4 Å². The normalized spacial score (nSPS) is 14.1. The van der Waals surface area contributed by atoms with E-state index >= 15 is 0 Å². The highest BCUT2D eigenvalue weighted by Gasteiger charge is 2.16. The summed E-state index contributed by atoms with van der Waals surface area (Å²) < 4.78 is 12.9. The lowest BCUT2D eigenvalue weighted by atomic mass is 9.84. The highest BCUT2D eigenvalue weighted by atomic mass is 32.2. The van der Waals surface area contributed by atoms with Crippen molar-refractivity contribution in [2.24, 2.45) is 7.05 Å². The average molecular weight is 467 g/mol. The zero-order valence-electron chi connectivity index (χ0n) is 19.1. The molecular weight excluding hydrogens is 436 g/mol. The van der Waals surface area contributed by atoms with E-state index in [2.05, 4.69) is 27.6 Å². The Labute approximate surface area is 198 Å². The summed E-state index contributed by atoms with van der Waals surface area (Å²) in [5.74, 6) is 3.10. The van der Waals surface area contributed by atoms with Gasteiger partial charge in [0, 0.05) is 12.7 Å². The number of amides is 1. The average Bonchev–Trinajstić information content (AvgIpc) is 3.22. The smallest absolute Gasteiger partial charge is 0.234 e. The summed E-state index contributed by atoms with van der Waals surface area (Å²) in [5.41, 5.74) is 2.13. The van der Waals surface area contributed by atoms with Gasteiger partial charge in [0.05, 0.1) is 12.9 Å². The van der Waals surface area contributed by atoms with Crippen LogP contribution in [-0.4, -0.2) is 33.5 Å². The molecule has 8 heteroatoms. The van der Waals surface area contributed by atoms with Crippen molar-refractivity contribution in [1.29, 1.82) is 0 Å². The predicted octanol–water partition coefficient (Wildman–Crippen LogP) is 5.18. The van der Waals surface area contributed by atoms with Gasteiger partial charge in [-0.3, -0.25) is 4.79 Å². The summed E-state index contributed by atoms with van der Waals surface area (Å²) in [4.78, 5) is 12.3. The fourth-order valence-corrected chi connectivity index (χ4v) is 4.75. The Morgan fingerprint density at radius 1 is 1.03 bits per heavy atom. The Bertz CT molecular complexity index is 1040. The Morgan fingerprint density at radius 3 is 2.42 bits per heavy atom. The molecule has 0 aliphatic heterocycles. The Morgan fingerprint density at radius 2 is 1.73 bits per heavy atom. The van der Waals surface area contributed by atoms with Crippen molar-refractivity contribution in [3.63, 3.8) is 0 Å². The number of carbonyl (C=O) groups excluding carboxylic acids is 1. The van der Waals surface area contributed by atoms with Gasteiger partial charge in [-0.15, -0.1) is 10.2 Å². The van der Waals surface area contributed by atoms with Gasteiger partial charge in [-0.25, -0.2) is 0 Å². The van der Waals surface area contributed by atoms with Gasteiger partial charge in [-0.05, 0) is 60.7 Å². The first-order valence-electron chi connectivity index (χ1n) is 11.3. The number of anilines is 1. The number of rotatable bonds is 9. The highest BCUT2D eigenvalue weighted by molar-refractivity contribution is 7.99. The van der Waals surface area contributed by atoms with E-state index < -0.39 is 0 Å². The van der Waals surface area contributed by atoms with Crippen molar-refractivity contribution in [3.05, 3.63) is 59.9 Å². The molecule has 1 heterocycles. The number of methoxy groups -OCH3 is 1. The fourth-order valence-electron chi connectivity index (χ4n) is 4.02. The number of hydrogen-bond acceptors (Lipinski definition) is 6. The van der Waals surface area contributed by atoms with E-state index in [0.717, 1.165) is 17.2 Å². The SMILES string of the molecule is COc1ccc(NC(=O)CSc2nnc(COc3ccc(C4CCCCC4)cc3)n2C)cc1. The number of nitrogens with one attached hydrogen (secondary N) is 1. The van der Waals surface area contributed by atoms with Crippen LogP contribution < -0.4 is 14.8 Å². The molecule has 2 aromatic carbocycles. The zero-order chi connectivity index (χ0) is 23.0. The minimum atomic E-state index is -0.107. The summed E-state index contributed by atoms with van der Waals surface area (Å²) in [6.07, 6.45) is 6.61. The quantitative estimate of drug-likeness (QED) is 0.438. The molecule has 1 aromatic heterocycles. The lowest BCUT2D eigenvalue weighted by Crippen LogP contribution is -2.14. The van der Waals surface area contributed by atoms with E-state index in [1.165, 1.54) is 49.4 Å². The summed E-state index contributed by atoms with van der Waals surface area (Å²) in [6.45, 7) is 0.324. The van der Waals surface area contributed by atoms with Crippen LogP contribution in [0.5, 0.6) is 11.5 Å². The van der Waals surface area contributed by atoms with Gasteiger partial charge in [-0.2, -0.15) is 0 Å². The number of ether oxygens (including phenoxy) is 2. The molecule has 0 bridgehead atoms. The molecule has 3 aromatic rings. The molecule has 0 spiro atoms. The minimum Gasteiger partial charge on any atom is -0.497 e. The summed E-state index contributed by atoms with van der Waals surface area (Å²) in [7, 11) is 3.49. The van der Waals surface area contributed by atoms with Gasteiger partial charge >= 0.3 is 0 Å². The van der Waals surface area contributed by atoms with E-state index in [9.17, 15) is 4.79 Å². The van der Waals surface area contributed by atoms with Crippen LogP contribution in [0.25, 0.3) is 0 Å².